The molecule has 2 aromatic rings. The Labute approximate surface area is 154 Å². The minimum Gasteiger partial charge on any atom is -0.352 e. The minimum absolute atomic E-state index is 0.0892. The normalized spacial score (nSPS) is 16.6. The van der Waals surface area contributed by atoms with Crippen molar-refractivity contribution in [2.45, 2.75) is 64.1 Å². The molecule has 1 aliphatic rings. The van der Waals surface area contributed by atoms with E-state index >= 15 is 0 Å². The fourth-order valence-electron chi connectivity index (χ4n) is 3.48. The maximum absolute atomic E-state index is 12.7. The van der Waals surface area contributed by atoms with Crippen LogP contribution in [0.15, 0.2) is 28.9 Å². The fourth-order valence-corrected chi connectivity index (χ4v) is 3.48. The summed E-state index contributed by atoms with van der Waals surface area (Å²) in [5.41, 5.74) is 0.673. The summed E-state index contributed by atoms with van der Waals surface area (Å²) in [4.78, 5) is 23.3. The molecule has 2 aromatic heterocycles. The van der Waals surface area contributed by atoms with Crippen molar-refractivity contribution in [2.24, 2.45) is 0 Å². The van der Waals surface area contributed by atoms with Crippen molar-refractivity contribution in [1.82, 2.24) is 25.3 Å². The van der Waals surface area contributed by atoms with E-state index in [1.165, 1.54) is 19.3 Å². The topological polar surface area (TPSA) is 84.2 Å². The van der Waals surface area contributed by atoms with E-state index in [2.05, 4.69) is 20.4 Å². The maximum Gasteiger partial charge on any atom is 0.241 e. The van der Waals surface area contributed by atoms with E-state index in [9.17, 15) is 4.79 Å². The first kappa shape index (κ1) is 18.5. The number of pyridine rings is 1. The van der Waals surface area contributed by atoms with Gasteiger partial charge in [-0.05, 0) is 38.4 Å². The summed E-state index contributed by atoms with van der Waals surface area (Å²) < 4.78 is 5.34. The van der Waals surface area contributed by atoms with E-state index in [-0.39, 0.29) is 11.9 Å². The molecule has 1 saturated carbocycles. The number of rotatable bonds is 7. The van der Waals surface area contributed by atoms with Crippen molar-refractivity contribution >= 4 is 5.91 Å². The lowest BCUT2D eigenvalue weighted by Gasteiger charge is -2.29. The van der Waals surface area contributed by atoms with E-state index in [1.807, 2.05) is 37.1 Å². The molecule has 7 nitrogen and oxygen atoms in total. The highest BCUT2D eigenvalue weighted by atomic mass is 16.5. The molecule has 140 valence electrons. The standard InChI is InChI=1S/C19H27N5O2/c1-3-16(19(25)21-14-9-5-4-6-10-14)24(2)13-17-22-18(23-26-17)15-11-7-8-12-20-15/h7-8,11-12,14,16H,3-6,9-10,13H2,1-2H3,(H,21,25). The van der Waals surface area contributed by atoms with Gasteiger partial charge in [0.25, 0.3) is 0 Å². The molecule has 2 heterocycles. The number of carbonyl (C=O) groups excluding carboxylic acids is 1. The molecule has 0 radical (unpaired) electrons. The summed E-state index contributed by atoms with van der Waals surface area (Å²) in [6.07, 6.45) is 8.29. The summed E-state index contributed by atoms with van der Waals surface area (Å²) >= 11 is 0. The third kappa shape index (κ3) is 4.66. The number of nitrogens with one attached hydrogen (secondary N) is 1. The number of aromatic nitrogens is 3. The Bertz CT molecular complexity index is 697. The molecule has 0 saturated heterocycles. The van der Waals surface area contributed by atoms with E-state index in [0.717, 1.165) is 19.3 Å². The molecule has 1 aliphatic carbocycles. The largest absolute Gasteiger partial charge is 0.352 e. The molecule has 0 aromatic carbocycles. The Morgan fingerprint density at radius 1 is 1.35 bits per heavy atom. The zero-order chi connectivity index (χ0) is 18.4. The van der Waals surface area contributed by atoms with Gasteiger partial charge in [-0.1, -0.05) is 37.4 Å². The number of hydrogen-bond donors (Lipinski definition) is 1. The number of amides is 1. The molecule has 7 heteroatoms. The second-order valence-electron chi connectivity index (χ2n) is 6.91. The van der Waals surface area contributed by atoms with Gasteiger partial charge >= 0.3 is 0 Å². The van der Waals surface area contributed by atoms with E-state index < -0.39 is 0 Å². The fraction of sp³-hybridized carbons (Fsp3) is 0.579. The lowest BCUT2D eigenvalue weighted by Crippen LogP contribution is -2.48. The summed E-state index contributed by atoms with van der Waals surface area (Å²) in [5, 5.41) is 7.20. The van der Waals surface area contributed by atoms with Crippen LogP contribution in [0, 0.1) is 0 Å². The third-order valence-electron chi connectivity index (χ3n) is 4.92. The van der Waals surface area contributed by atoms with Crippen LogP contribution in [-0.4, -0.2) is 45.1 Å². The summed E-state index contributed by atoms with van der Waals surface area (Å²) in [6.45, 7) is 2.45. The van der Waals surface area contributed by atoms with Crippen molar-refractivity contribution < 1.29 is 9.32 Å². The van der Waals surface area contributed by atoms with Crippen LogP contribution >= 0.6 is 0 Å². The van der Waals surface area contributed by atoms with Crippen LogP contribution in [0.2, 0.25) is 0 Å². The molecule has 1 unspecified atom stereocenters. The number of hydrogen-bond acceptors (Lipinski definition) is 6. The number of likely N-dealkylation sites (N-methyl/N-ethyl adjacent to an activating group) is 1. The zero-order valence-corrected chi connectivity index (χ0v) is 15.5. The van der Waals surface area contributed by atoms with E-state index in [4.69, 9.17) is 4.52 Å². The molecular weight excluding hydrogens is 330 g/mol. The summed E-state index contributed by atoms with van der Waals surface area (Å²) in [5.74, 6) is 1.04. The number of nitrogens with zero attached hydrogens (tertiary/aromatic N) is 4. The summed E-state index contributed by atoms with van der Waals surface area (Å²) in [7, 11) is 1.92. The molecule has 3 rings (SSSR count). The predicted octanol–water partition coefficient (Wildman–Crippen LogP) is 2.79. The first-order valence-electron chi connectivity index (χ1n) is 9.42. The minimum atomic E-state index is -0.206. The van der Waals surface area contributed by atoms with Crippen LogP contribution in [0.5, 0.6) is 0 Å². The molecule has 0 bridgehead atoms. The van der Waals surface area contributed by atoms with Gasteiger partial charge in [-0.15, -0.1) is 0 Å². The average molecular weight is 357 g/mol. The highest BCUT2D eigenvalue weighted by Crippen LogP contribution is 2.18. The second-order valence-corrected chi connectivity index (χ2v) is 6.91. The quantitative estimate of drug-likeness (QED) is 0.820. The zero-order valence-electron chi connectivity index (χ0n) is 15.5. The van der Waals surface area contributed by atoms with Gasteiger partial charge in [0.15, 0.2) is 0 Å². The first-order valence-corrected chi connectivity index (χ1v) is 9.42. The molecule has 1 atom stereocenters. The van der Waals surface area contributed by atoms with Crippen molar-refractivity contribution in [3.05, 3.63) is 30.3 Å². The summed E-state index contributed by atoms with van der Waals surface area (Å²) in [6, 6.07) is 5.67. The van der Waals surface area contributed by atoms with Gasteiger partial charge in [-0.2, -0.15) is 4.98 Å². The SMILES string of the molecule is CCC(C(=O)NC1CCCCC1)N(C)Cc1nc(-c2ccccn2)no1. The van der Waals surface area contributed by atoms with Crippen molar-refractivity contribution in [3.8, 4) is 11.5 Å². The molecule has 1 fully saturated rings. The highest BCUT2D eigenvalue weighted by molar-refractivity contribution is 5.81. The Balaban J connectivity index is 1.59. The molecule has 1 amide bonds. The third-order valence-corrected chi connectivity index (χ3v) is 4.92. The van der Waals surface area contributed by atoms with Gasteiger partial charge in [0, 0.05) is 12.2 Å². The van der Waals surface area contributed by atoms with Gasteiger partial charge in [0.1, 0.15) is 5.69 Å². The first-order chi connectivity index (χ1) is 12.7. The molecule has 0 spiro atoms. The molecule has 1 N–H and O–H groups in total. The second kappa shape index (κ2) is 8.89. The van der Waals surface area contributed by atoms with Crippen LogP contribution in [0.1, 0.15) is 51.3 Å². The van der Waals surface area contributed by atoms with Crippen molar-refractivity contribution in [2.75, 3.05) is 7.05 Å². The van der Waals surface area contributed by atoms with Gasteiger partial charge in [0.05, 0.1) is 12.6 Å². The Hall–Kier alpha value is -2.28. The van der Waals surface area contributed by atoms with Gasteiger partial charge in [0.2, 0.25) is 17.6 Å². The Morgan fingerprint density at radius 3 is 2.85 bits per heavy atom. The molecular formula is C19H27N5O2. The van der Waals surface area contributed by atoms with Crippen LogP contribution in [-0.2, 0) is 11.3 Å². The lowest BCUT2D eigenvalue weighted by molar-refractivity contribution is -0.127. The monoisotopic (exact) mass is 357 g/mol. The van der Waals surface area contributed by atoms with Gasteiger partial charge in [-0.25, -0.2) is 0 Å². The van der Waals surface area contributed by atoms with Crippen molar-refractivity contribution in [3.63, 3.8) is 0 Å². The number of carbonyl (C=O) groups is 1. The Kier molecular flexibility index (Phi) is 6.33. The average Bonchev–Trinajstić information content (AvgIpc) is 3.12. The van der Waals surface area contributed by atoms with Crippen LogP contribution in [0.3, 0.4) is 0 Å². The highest BCUT2D eigenvalue weighted by Gasteiger charge is 2.26. The van der Waals surface area contributed by atoms with Gasteiger partial charge in [-0.3, -0.25) is 14.7 Å². The predicted molar refractivity (Wildman–Crippen MR) is 98.1 cm³/mol. The maximum atomic E-state index is 12.7. The van der Waals surface area contributed by atoms with Crippen LogP contribution in [0.4, 0.5) is 0 Å². The smallest absolute Gasteiger partial charge is 0.241 e. The molecule has 26 heavy (non-hydrogen) atoms. The van der Waals surface area contributed by atoms with Crippen LogP contribution in [0.25, 0.3) is 11.5 Å². The van der Waals surface area contributed by atoms with Crippen molar-refractivity contribution in [1.29, 1.82) is 0 Å². The lowest BCUT2D eigenvalue weighted by atomic mass is 9.95. The van der Waals surface area contributed by atoms with Gasteiger partial charge < -0.3 is 9.84 Å². The Morgan fingerprint density at radius 2 is 2.15 bits per heavy atom. The van der Waals surface area contributed by atoms with E-state index in [0.29, 0.717) is 30.0 Å². The van der Waals surface area contributed by atoms with E-state index in [1.54, 1.807) is 6.20 Å². The molecule has 0 aliphatic heterocycles. The van der Waals surface area contributed by atoms with Crippen LogP contribution < -0.4 is 5.32 Å².